The van der Waals surface area contributed by atoms with Gasteiger partial charge in [0.05, 0.1) is 6.61 Å². The van der Waals surface area contributed by atoms with Gasteiger partial charge in [0.15, 0.2) is 0 Å². The first-order valence-electron chi connectivity index (χ1n) is 12.9. The Bertz CT molecular complexity index is 607. The lowest BCUT2D eigenvalue weighted by atomic mass is 9.64. The second kappa shape index (κ2) is 10.5. The zero-order chi connectivity index (χ0) is 22.6. The highest BCUT2D eigenvalue weighted by Crippen LogP contribution is 2.51. The van der Waals surface area contributed by atoms with Gasteiger partial charge in [-0.05, 0) is 83.2 Å². The molecule has 2 heterocycles. The van der Waals surface area contributed by atoms with Crippen LogP contribution in [0.4, 0.5) is 4.79 Å². The lowest BCUT2D eigenvalue weighted by Gasteiger charge is -2.52. The summed E-state index contributed by atoms with van der Waals surface area (Å²) in [7, 11) is 0. The minimum atomic E-state index is -0.135. The number of hydrogen-bond acceptors (Lipinski definition) is 4. The van der Waals surface area contributed by atoms with Crippen molar-refractivity contribution in [1.82, 2.24) is 14.7 Å². The molecule has 2 aliphatic carbocycles. The first-order chi connectivity index (χ1) is 15.0. The van der Waals surface area contributed by atoms with Gasteiger partial charge in [0, 0.05) is 37.6 Å². The molecule has 4 aliphatic rings. The van der Waals surface area contributed by atoms with Crippen molar-refractivity contribution in [3.05, 3.63) is 0 Å². The van der Waals surface area contributed by atoms with Crippen molar-refractivity contribution in [3.8, 4) is 0 Å². The van der Waals surface area contributed by atoms with Crippen molar-refractivity contribution < 1.29 is 14.3 Å². The summed E-state index contributed by atoms with van der Waals surface area (Å²) >= 11 is 0. The second-order valence-electron chi connectivity index (χ2n) is 9.93. The highest BCUT2D eigenvalue weighted by molar-refractivity contribution is 5.76. The molecule has 0 radical (unpaired) electrons. The number of ether oxygens (including phenoxy) is 1. The van der Waals surface area contributed by atoms with E-state index in [9.17, 15) is 9.59 Å². The highest BCUT2D eigenvalue weighted by Gasteiger charge is 2.51. The molecule has 178 valence electrons. The molecule has 1 unspecified atom stereocenters. The number of rotatable bonds is 6. The monoisotopic (exact) mass is 435 g/mol. The number of hydrogen-bond donors (Lipinski definition) is 0. The van der Waals surface area contributed by atoms with E-state index in [0.717, 1.165) is 32.6 Å². The van der Waals surface area contributed by atoms with Crippen molar-refractivity contribution in [2.45, 2.75) is 104 Å². The van der Waals surface area contributed by atoms with E-state index in [1.54, 1.807) is 0 Å². The van der Waals surface area contributed by atoms with Gasteiger partial charge in [-0.2, -0.15) is 0 Å². The smallest absolute Gasteiger partial charge is 0.409 e. The molecule has 0 aromatic carbocycles. The van der Waals surface area contributed by atoms with Crippen molar-refractivity contribution in [2.24, 2.45) is 11.3 Å². The van der Waals surface area contributed by atoms with E-state index in [0.29, 0.717) is 48.4 Å². The third-order valence-corrected chi connectivity index (χ3v) is 8.04. The third-order valence-electron chi connectivity index (χ3n) is 8.04. The summed E-state index contributed by atoms with van der Waals surface area (Å²) in [6, 6.07) is 1.59. The Hall–Kier alpha value is -1.30. The van der Waals surface area contributed by atoms with Gasteiger partial charge >= 0.3 is 6.09 Å². The van der Waals surface area contributed by atoms with Crippen LogP contribution in [0.3, 0.4) is 0 Å². The molecular formula is C25H45N3O3. The molecule has 0 bridgehead atoms. The predicted octanol–water partition coefficient (Wildman–Crippen LogP) is 4.53. The summed E-state index contributed by atoms with van der Waals surface area (Å²) in [5.74, 6) is 0.984. The Morgan fingerprint density at radius 3 is 2.26 bits per heavy atom. The van der Waals surface area contributed by atoms with Crippen LogP contribution in [0.15, 0.2) is 0 Å². The molecule has 2 saturated carbocycles. The molecule has 4 fully saturated rings. The quantitative estimate of drug-likeness (QED) is 0.615. The van der Waals surface area contributed by atoms with Crippen LogP contribution in [0.25, 0.3) is 0 Å². The molecule has 1 spiro atoms. The van der Waals surface area contributed by atoms with Gasteiger partial charge in [-0.25, -0.2) is 4.79 Å². The predicted molar refractivity (Wildman–Crippen MR) is 124 cm³/mol. The Kier molecular flexibility index (Phi) is 8.28. The lowest BCUT2D eigenvalue weighted by Crippen LogP contribution is -2.55. The van der Waals surface area contributed by atoms with Gasteiger partial charge in [-0.15, -0.1) is 0 Å². The summed E-state index contributed by atoms with van der Waals surface area (Å²) in [5, 5.41) is 0. The number of likely N-dealkylation sites (tertiary alicyclic amines) is 2. The lowest BCUT2D eigenvalue weighted by molar-refractivity contribution is -0.135. The number of carbonyl (C=O) groups is 2. The molecule has 6 heteroatoms. The summed E-state index contributed by atoms with van der Waals surface area (Å²) in [5.41, 5.74) is 0.345. The van der Waals surface area contributed by atoms with Crippen molar-refractivity contribution >= 4 is 12.0 Å². The fourth-order valence-electron chi connectivity index (χ4n) is 6.13. The minimum absolute atomic E-state index is 0.135. The zero-order valence-electron chi connectivity index (χ0n) is 20.6. The number of carbonyl (C=O) groups excluding carboxylic acids is 2. The van der Waals surface area contributed by atoms with Crippen LogP contribution in [0.2, 0.25) is 0 Å². The van der Waals surface area contributed by atoms with Crippen molar-refractivity contribution in [3.63, 3.8) is 0 Å². The Labute approximate surface area is 189 Å². The zero-order valence-corrected chi connectivity index (χ0v) is 20.6. The van der Waals surface area contributed by atoms with Crippen LogP contribution in [0.1, 0.15) is 86.0 Å². The molecule has 2 aliphatic heterocycles. The standard InChI is InChI=1S/C23H39N3O3.C2H6/c1-4-21(27)26(19-6-7-19)17(3)18-8-11-24(12-9-18)20-14-23(15-20)10-13-25(16-23)22(28)29-5-2;1-2/h17-20H,4-16H2,1-3H3;1-2H3. The van der Waals surface area contributed by atoms with E-state index in [-0.39, 0.29) is 6.09 Å². The van der Waals surface area contributed by atoms with Crippen LogP contribution in [0.5, 0.6) is 0 Å². The van der Waals surface area contributed by atoms with Gasteiger partial charge in [0.1, 0.15) is 0 Å². The van der Waals surface area contributed by atoms with Gasteiger partial charge in [-0.3, -0.25) is 4.79 Å². The van der Waals surface area contributed by atoms with E-state index < -0.39 is 0 Å². The van der Waals surface area contributed by atoms with Crippen LogP contribution >= 0.6 is 0 Å². The third kappa shape index (κ3) is 5.37. The van der Waals surface area contributed by atoms with Gasteiger partial charge in [0.2, 0.25) is 5.91 Å². The molecule has 6 nitrogen and oxygen atoms in total. The molecule has 0 aromatic rings. The van der Waals surface area contributed by atoms with E-state index in [1.807, 2.05) is 32.6 Å². The minimum Gasteiger partial charge on any atom is -0.450 e. The Morgan fingerprint density at radius 2 is 1.71 bits per heavy atom. The average molecular weight is 436 g/mol. The maximum absolute atomic E-state index is 12.4. The SMILES string of the molecule is CC.CCOC(=O)N1CCC2(CC(N3CCC(C(C)N(C(=O)CC)C4CC4)CC3)C2)C1. The first-order valence-corrected chi connectivity index (χ1v) is 12.9. The largest absolute Gasteiger partial charge is 0.450 e. The van der Waals surface area contributed by atoms with Gasteiger partial charge in [-0.1, -0.05) is 20.8 Å². The van der Waals surface area contributed by atoms with Crippen LogP contribution in [-0.4, -0.2) is 77.6 Å². The molecule has 2 amide bonds. The van der Waals surface area contributed by atoms with Crippen LogP contribution in [-0.2, 0) is 9.53 Å². The average Bonchev–Trinajstić information content (AvgIpc) is 3.49. The van der Waals surface area contributed by atoms with E-state index in [1.165, 1.54) is 38.5 Å². The van der Waals surface area contributed by atoms with Crippen LogP contribution < -0.4 is 0 Å². The maximum Gasteiger partial charge on any atom is 0.409 e. The maximum atomic E-state index is 12.4. The van der Waals surface area contributed by atoms with E-state index in [4.69, 9.17) is 4.74 Å². The molecule has 2 saturated heterocycles. The van der Waals surface area contributed by atoms with Gasteiger partial charge < -0.3 is 19.4 Å². The molecule has 0 aromatic heterocycles. The van der Waals surface area contributed by atoms with E-state index >= 15 is 0 Å². The first kappa shape index (κ1) is 24.3. The summed E-state index contributed by atoms with van der Waals surface area (Å²) in [6.45, 7) is 14.7. The van der Waals surface area contributed by atoms with Gasteiger partial charge in [0.25, 0.3) is 0 Å². The molecular weight excluding hydrogens is 390 g/mol. The van der Waals surface area contributed by atoms with E-state index in [2.05, 4.69) is 16.7 Å². The number of piperidine rings is 1. The number of amides is 2. The van der Waals surface area contributed by atoms with Crippen molar-refractivity contribution in [2.75, 3.05) is 32.8 Å². The summed E-state index contributed by atoms with van der Waals surface area (Å²) in [4.78, 5) is 31.3. The number of nitrogens with zero attached hydrogens (tertiary/aromatic N) is 3. The summed E-state index contributed by atoms with van der Waals surface area (Å²) < 4.78 is 5.18. The second-order valence-corrected chi connectivity index (χ2v) is 9.93. The molecule has 0 N–H and O–H groups in total. The molecule has 1 atom stereocenters. The normalized spacial score (nSPS) is 29.7. The summed E-state index contributed by atoms with van der Waals surface area (Å²) in [6.07, 6.45) is 8.89. The highest BCUT2D eigenvalue weighted by atomic mass is 16.6. The fourth-order valence-corrected chi connectivity index (χ4v) is 6.13. The Balaban J connectivity index is 0.00000132. The fraction of sp³-hybridized carbons (Fsp3) is 0.920. The Morgan fingerprint density at radius 1 is 1.06 bits per heavy atom. The van der Waals surface area contributed by atoms with Crippen molar-refractivity contribution in [1.29, 1.82) is 0 Å². The van der Waals surface area contributed by atoms with Crippen LogP contribution in [0, 0.1) is 11.3 Å². The molecule has 4 rings (SSSR count). The topological polar surface area (TPSA) is 53.1 Å². The molecule has 31 heavy (non-hydrogen) atoms.